The third-order valence-corrected chi connectivity index (χ3v) is 1.62. The molecule has 1 rings (SSSR count). The molecule has 64 valence electrons. The van der Waals surface area contributed by atoms with Crippen molar-refractivity contribution in [3.8, 4) is 0 Å². The van der Waals surface area contributed by atoms with Crippen molar-refractivity contribution in [2.45, 2.75) is 13.8 Å². The average molecular weight is 161 g/mol. The minimum atomic E-state index is 0.505. The summed E-state index contributed by atoms with van der Waals surface area (Å²) < 4.78 is 0. The molecule has 1 heteroatoms. The molecule has 0 saturated heterocycles. The van der Waals surface area contributed by atoms with Crippen LogP contribution in [0.15, 0.2) is 36.4 Å². The van der Waals surface area contributed by atoms with E-state index in [0.29, 0.717) is 5.92 Å². The topological polar surface area (TPSA) is 26.0 Å². The summed E-state index contributed by atoms with van der Waals surface area (Å²) in [5, 5.41) is 0. The molecule has 0 bridgehead atoms. The van der Waals surface area contributed by atoms with Gasteiger partial charge in [0, 0.05) is 5.70 Å². The molecule has 1 aromatic rings. The fraction of sp³-hybridized carbons (Fsp3) is 0.273. The van der Waals surface area contributed by atoms with Crippen molar-refractivity contribution in [3.05, 3.63) is 42.0 Å². The van der Waals surface area contributed by atoms with E-state index in [1.807, 2.05) is 30.3 Å². The predicted octanol–water partition coefficient (Wildman–Crippen LogP) is 2.64. The van der Waals surface area contributed by atoms with Gasteiger partial charge in [-0.2, -0.15) is 0 Å². The van der Waals surface area contributed by atoms with Crippen molar-refractivity contribution in [1.82, 2.24) is 0 Å². The highest BCUT2D eigenvalue weighted by Crippen LogP contribution is 2.10. The molecule has 0 saturated carbocycles. The lowest BCUT2D eigenvalue weighted by Gasteiger charge is -2.02. The minimum Gasteiger partial charge on any atom is -0.398 e. The Hall–Kier alpha value is -1.24. The van der Waals surface area contributed by atoms with Crippen LogP contribution < -0.4 is 5.73 Å². The first-order chi connectivity index (χ1) is 5.70. The standard InChI is InChI=1S/C11H15N/c1-9(2)8-11(12)10-6-4-3-5-7-10/h3-9H,12H2,1-2H3/b11-8+. The lowest BCUT2D eigenvalue weighted by molar-refractivity contribution is 0.832. The largest absolute Gasteiger partial charge is 0.398 e. The smallest absolute Gasteiger partial charge is 0.0349 e. The fourth-order valence-electron chi connectivity index (χ4n) is 1.09. The Balaban J connectivity index is 2.85. The summed E-state index contributed by atoms with van der Waals surface area (Å²) in [4.78, 5) is 0. The highest BCUT2D eigenvalue weighted by molar-refractivity contribution is 5.62. The summed E-state index contributed by atoms with van der Waals surface area (Å²) in [5.74, 6) is 0.505. The molecular formula is C11H15N. The number of rotatable bonds is 2. The second-order valence-corrected chi connectivity index (χ2v) is 3.23. The second-order valence-electron chi connectivity index (χ2n) is 3.23. The van der Waals surface area contributed by atoms with Crippen LogP contribution in [0.2, 0.25) is 0 Å². The summed E-state index contributed by atoms with van der Waals surface area (Å²) in [6.45, 7) is 4.24. The van der Waals surface area contributed by atoms with Gasteiger partial charge in [-0.15, -0.1) is 0 Å². The van der Waals surface area contributed by atoms with Crippen molar-refractivity contribution < 1.29 is 0 Å². The van der Waals surface area contributed by atoms with Crippen molar-refractivity contribution in [1.29, 1.82) is 0 Å². The maximum absolute atomic E-state index is 5.86. The quantitative estimate of drug-likeness (QED) is 0.709. The van der Waals surface area contributed by atoms with E-state index >= 15 is 0 Å². The minimum absolute atomic E-state index is 0.505. The van der Waals surface area contributed by atoms with Gasteiger partial charge in [0.2, 0.25) is 0 Å². The van der Waals surface area contributed by atoms with E-state index in [1.54, 1.807) is 0 Å². The maximum atomic E-state index is 5.86. The summed E-state index contributed by atoms with van der Waals surface area (Å²) in [5.41, 5.74) is 7.83. The van der Waals surface area contributed by atoms with Gasteiger partial charge in [-0.1, -0.05) is 50.3 Å². The molecule has 0 heterocycles. The highest BCUT2D eigenvalue weighted by Gasteiger charge is 1.95. The molecule has 1 aromatic carbocycles. The molecule has 0 spiro atoms. The van der Waals surface area contributed by atoms with Crippen molar-refractivity contribution >= 4 is 5.70 Å². The van der Waals surface area contributed by atoms with Gasteiger partial charge in [-0.3, -0.25) is 0 Å². The summed E-state index contributed by atoms with van der Waals surface area (Å²) >= 11 is 0. The van der Waals surface area contributed by atoms with Gasteiger partial charge < -0.3 is 5.73 Å². The van der Waals surface area contributed by atoms with Crippen LogP contribution in [0.25, 0.3) is 5.70 Å². The molecule has 1 nitrogen and oxygen atoms in total. The van der Waals surface area contributed by atoms with Crippen LogP contribution in [0.4, 0.5) is 0 Å². The molecule has 0 unspecified atom stereocenters. The first-order valence-electron chi connectivity index (χ1n) is 4.23. The van der Waals surface area contributed by atoms with Gasteiger partial charge in [0.15, 0.2) is 0 Å². The lowest BCUT2D eigenvalue weighted by atomic mass is 10.1. The number of nitrogens with two attached hydrogens (primary N) is 1. The Bertz CT molecular complexity index is 260. The highest BCUT2D eigenvalue weighted by atomic mass is 14.6. The van der Waals surface area contributed by atoms with Crippen LogP contribution in [0, 0.1) is 5.92 Å². The first kappa shape index (κ1) is 8.85. The summed E-state index contributed by atoms with van der Waals surface area (Å²) in [6, 6.07) is 10.0. The van der Waals surface area contributed by atoms with Gasteiger partial charge >= 0.3 is 0 Å². The zero-order valence-electron chi connectivity index (χ0n) is 7.62. The van der Waals surface area contributed by atoms with Gasteiger partial charge in [-0.05, 0) is 11.5 Å². The fourth-order valence-corrected chi connectivity index (χ4v) is 1.09. The first-order valence-corrected chi connectivity index (χ1v) is 4.23. The maximum Gasteiger partial charge on any atom is 0.0349 e. The van der Waals surface area contributed by atoms with Crippen molar-refractivity contribution in [2.75, 3.05) is 0 Å². The van der Waals surface area contributed by atoms with Crippen LogP contribution in [0.1, 0.15) is 19.4 Å². The van der Waals surface area contributed by atoms with Gasteiger partial charge in [-0.25, -0.2) is 0 Å². The summed E-state index contributed by atoms with van der Waals surface area (Å²) in [6.07, 6.45) is 2.06. The van der Waals surface area contributed by atoms with Crippen LogP contribution >= 0.6 is 0 Å². The Morgan fingerprint density at radius 3 is 2.33 bits per heavy atom. The van der Waals surface area contributed by atoms with Gasteiger partial charge in [0.1, 0.15) is 0 Å². The van der Waals surface area contributed by atoms with Crippen molar-refractivity contribution in [2.24, 2.45) is 11.7 Å². The molecule has 0 aliphatic heterocycles. The number of allylic oxidation sites excluding steroid dienone is 1. The molecule has 0 aromatic heterocycles. The Kier molecular flexibility index (Phi) is 2.92. The van der Waals surface area contributed by atoms with E-state index in [0.717, 1.165) is 11.3 Å². The molecule has 12 heavy (non-hydrogen) atoms. The molecule has 0 amide bonds. The molecule has 0 radical (unpaired) electrons. The molecule has 0 fully saturated rings. The van der Waals surface area contributed by atoms with Crippen LogP contribution in [0.5, 0.6) is 0 Å². The zero-order valence-corrected chi connectivity index (χ0v) is 7.62. The van der Waals surface area contributed by atoms with E-state index in [1.165, 1.54) is 0 Å². The van der Waals surface area contributed by atoms with Crippen LogP contribution in [-0.4, -0.2) is 0 Å². The van der Waals surface area contributed by atoms with E-state index in [4.69, 9.17) is 5.73 Å². The van der Waals surface area contributed by atoms with Crippen LogP contribution in [-0.2, 0) is 0 Å². The van der Waals surface area contributed by atoms with Gasteiger partial charge in [0.05, 0.1) is 0 Å². The van der Waals surface area contributed by atoms with E-state index in [9.17, 15) is 0 Å². The summed E-state index contributed by atoms with van der Waals surface area (Å²) in [7, 11) is 0. The van der Waals surface area contributed by atoms with E-state index < -0.39 is 0 Å². The Morgan fingerprint density at radius 2 is 1.83 bits per heavy atom. The number of benzene rings is 1. The van der Waals surface area contributed by atoms with Crippen molar-refractivity contribution in [3.63, 3.8) is 0 Å². The predicted molar refractivity (Wildman–Crippen MR) is 53.4 cm³/mol. The normalized spacial score (nSPS) is 12.1. The number of hydrogen-bond acceptors (Lipinski definition) is 1. The SMILES string of the molecule is CC(C)/C=C(/N)c1ccccc1. The number of hydrogen-bond donors (Lipinski definition) is 1. The Labute approximate surface area is 73.9 Å². The molecular weight excluding hydrogens is 146 g/mol. The third kappa shape index (κ3) is 2.42. The zero-order chi connectivity index (χ0) is 8.97. The Morgan fingerprint density at radius 1 is 1.25 bits per heavy atom. The monoisotopic (exact) mass is 161 g/mol. The third-order valence-electron chi connectivity index (χ3n) is 1.62. The van der Waals surface area contributed by atoms with Crippen LogP contribution in [0.3, 0.4) is 0 Å². The molecule has 0 atom stereocenters. The molecule has 0 aliphatic rings. The second kappa shape index (κ2) is 3.96. The molecule has 0 aliphatic carbocycles. The van der Waals surface area contributed by atoms with E-state index in [2.05, 4.69) is 19.9 Å². The average Bonchev–Trinajstić information content (AvgIpc) is 2.05. The van der Waals surface area contributed by atoms with E-state index in [-0.39, 0.29) is 0 Å². The molecule has 2 N–H and O–H groups in total. The lowest BCUT2D eigenvalue weighted by Crippen LogP contribution is -1.97. The van der Waals surface area contributed by atoms with Gasteiger partial charge in [0.25, 0.3) is 0 Å².